The summed E-state index contributed by atoms with van der Waals surface area (Å²) < 4.78 is 5.53. The van der Waals surface area contributed by atoms with E-state index in [0.29, 0.717) is 25.8 Å². The summed E-state index contributed by atoms with van der Waals surface area (Å²) in [7, 11) is 0. The predicted octanol–water partition coefficient (Wildman–Crippen LogP) is 1.65. The second-order valence-electron chi connectivity index (χ2n) is 8.35. The molecule has 1 aliphatic carbocycles. The van der Waals surface area contributed by atoms with Gasteiger partial charge in [0.1, 0.15) is 17.7 Å². The van der Waals surface area contributed by atoms with Gasteiger partial charge in [0.05, 0.1) is 12.2 Å². The Morgan fingerprint density at radius 3 is 2.56 bits per heavy atom. The number of nitriles is 1. The van der Waals surface area contributed by atoms with Gasteiger partial charge >= 0.3 is 6.09 Å². The maximum absolute atomic E-state index is 13.2. The molecule has 3 heterocycles. The molecule has 4 aliphatic rings. The summed E-state index contributed by atoms with van der Waals surface area (Å²) in [5, 5.41) is 19.7. The van der Waals surface area contributed by atoms with Gasteiger partial charge in [-0.05, 0) is 52.9 Å². The lowest BCUT2D eigenvalue weighted by molar-refractivity contribution is -0.153. The Kier molecular flexibility index (Phi) is 4.67. The van der Waals surface area contributed by atoms with Gasteiger partial charge in [-0.25, -0.2) is 4.79 Å². The fourth-order valence-corrected chi connectivity index (χ4v) is 4.42. The normalized spacial score (nSPS) is 34.8. The molecule has 1 N–H and O–H groups in total. The predicted molar refractivity (Wildman–Crippen MR) is 89.3 cm³/mol. The average molecular weight is 349 g/mol. The lowest BCUT2D eigenvalue weighted by Gasteiger charge is -2.53. The highest BCUT2D eigenvalue weighted by Gasteiger charge is 2.54. The summed E-state index contributed by atoms with van der Waals surface area (Å²) in [6.07, 6.45) is 2.33. The molecular weight excluding hydrogens is 322 g/mol. The molecule has 0 aromatic heterocycles. The van der Waals surface area contributed by atoms with E-state index in [2.05, 4.69) is 6.07 Å². The van der Waals surface area contributed by atoms with Crippen LogP contribution in [0.15, 0.2) is 0 Å². The van der Waals surface area contributed by atoms with Crippen LogP contribution in [0.3, 0.4) is 0 Å². The monoisotopic (exact) mass is 349 g/mol. The first-order valence-electron chi connectivity index (χ1n) is 9.12. The van der Waals surface area contributed by atoms with Crippen molar-refractivity contribution < 1.29 is 19.4 Å². The van der Waals surface area contributed by atoms with Crippen LogP contribution in [0.1, 0.15) is 52.9 Å². The van der Waals surface area contributed by atoms with Crippen molar-refractivity contribution in [3.05, 3.63) is 0 Å². The molecule has 7 heteroatoms. The first-order valence-corrected chi connectivity index (χ1v) is 9.12. The molecule has 7 nitrogen and oxygen atoms in total. The zero-order valence-corrected chi connectivity index (χ0v) is 15.1. The van der Waals surface area contributed by atoms with Crippen LogP contribution in [-0.2, 0) is 9.53 Å². The first-order chi connectivity index (χ1) is 11.7. The Hall–Kier alpha value is -1.81. The topological polar surface area (TPSA) is 93.9 Å². The molecule has 2 bridgehead atoms. The Morgan fingerprint density at radius 1 is 1.24 bits per heavy atom. The number of carbonyl (C=O) groups is 2. The summed E-state index contributed by atoms with van der Waals surface area (Å²) in [6, 6.07) is 0.822. The zero-order chi connectivity index (χ0) is 18.4. The van der Waals surface area contributed by atoms with Crippen molar-refractivity contribution in [1.82, 2.24) is 9.80 Å². The van der Waals surface area contributed by atoms with Gasteiger partial charge in [-0.15, -0.1) is 0 Å². The number of piperidine rings is 2. The average Bonchev–Trinajstić information content (AvgIpc) is 3.00. The van der Waals surface area contributed by atoms with Crippen LogP contribution < -0.4 is 0 Å². The number of hydrogen-bond acceptors (Lipinski definition) is 5. The van der Waals surface area contributed by atoms with Gasteiger partial charge in [-0.3, -0.25) is 9.69 Å². The van der Waals surface area contributed by atoms with E-state index in [1.165, 1.54) is 0 Å². The molecule has 0 aromatic rings. The number of rotatable bonds is 1. The molecule has 25 heavy (non-hydrogen) atoms. The lowest BCUT2D eigenvalue weighted by atomic mass is 9.72. The van der Waals surface area contributed by atoms with Crippen molar-refractivity contribution >= 4 is 12.0 Å². The summed E-state index contributed by atoms with van der Waals surface area (Å²) in [5.74, 6) is -0.506. The van der Waals surface area contributed by atoms with Crippen molar-refractivity contribution in [3.63, 3.8) is 0 Å². The van der Waals surface area contributed by atoms with Crippen LogP contribution in [0, 0.1) is 17.2 Å². The number of nitrogens with zero attached hydrogens (tertiary/aromatic N) is 3. The number of amides is 2. The van der Waals surface area contributed by atoms with Crippen LogP contribution in [0.2, 0.25) is 0 Å². The Balaban J connectivity index is 1.88. The highest BCUT2D eigenvalue weighted by atomic mass is 16.6. The van der Waals surface area contributed by atoms with E-state index in [1.807, 2.05) is 0 Å². The fraction of sp³-hybridized carbons (Fsp3) is 0.833. The second-order valence-corrected chi connectivity index (χ2v) is 8.35. The Bertz CT molecular complexity index is 594. The van der Waals surface area contributed by atoms with Crippen LogP contribution >= 0.6 is 0 Å². The zero-order valence-electron chi connectivity index (χ0n) is 15.1. The third-order valence-electron chi connectivity index (χ3n) is 5.48. The summed E-state index contributed by atoms with van der Waals surface area (Å²) in [5.41, 5.74) is -0.650. The molecule has 3 saturated heterocycles. The van der Waals surface area contributed by atoms with Crippen LogP contribution in [0.4, 0.5) is 4.79 Å². The minimum Gasteiger partial charge on any atom is -0.444 e. The van der Waals surface area contributed by atoms with E-state index in [1.54, 1.807) is 30.6 Å². The summed E-state index contributed by atoms with van der Waals surface area (Å²) in [6.45, 7) is 5.92. The molecule has 2 amide bonds. The second kappa shape index (κ2) is 6.49. The van der Waals surface area contributed by atoms with Gasteiger partial charge < -0.3 is 14.7 Å². The highest BCUT2D eigenvalue weighted by Crippen LogP contribution is 2.42. The molecule has 3 aliphatic heterocycles. The van der Waals surface area contributed by atoms with Crippen molar-refractivity contribution in [2.75, 3.05) is 6.54 Å². The molecule has 0 radical (unpaired) electrons. The third kappa shape index (κ3) is 3.32. The van der Waals surface area contributed by atoms with Crippen LogP contribution in [0.25, 0.3) is 0 Å². The molecule has 4 rings (SSSR count). The first kappa shape index (κ1) is 18.0. The van der Waals surface area contributed by atoms with Crippen molar-refractivity contribution in [2.45, 2.75) is 82.7 Å². The smallest absolute Gasteiger partial charge is 0.411 e. The molecule has 0 unspecified atom stereocenters. The van der Waals surface area contributed by atoms with Crippen LogP contribution in [0.5, 0.6) is 0 Å². The quantitative estimate of drug-likeness (QED) is 0.777. The van der Waals surface area contributed by atoms with Gasteiger partial charge in [-0.2, -0.15) is 5.26 Å². The van der Waals surface area contributed by atoms with Crippen molar-refractivity contribution in [2.24, 2.45) is 5.92 Å². The SMILES string of the molecule is CC(C)(C)OC(=O)N1[C@H]2CC[C@H]([C@H](O)C2)[C@H]1C(=O)N1CCC[C@H]1C#N. The molecular formula is C18H27N3O4. The van der Waals surface area contributed by atoms with E-state index >= 15 is 0 Å². The van der Waals surface area contributed by atoms with Gasteiger partial charge in [-0.1, -0.05) is 0 Å². The fourth-order valence-electron chi connectivity index (χ4n) is 4.42. The maximum atomic E-state index is 13.2. The Labute approximate surface area is 148 Å². The lowest BCUT2D eigenvalue weighted by Crippen LogP contribution is -2.67. The summed E-state index contributed by atoms with van der Waals surface area (Å²) >= 11 is 0. The van der Waals surface area contributed by atoms with Gasteiger partial charge in [0, 0.05) is 18.5 Å². The molecule has 1 saturated carbocycles. The number of hydrogen-bond donors (Lipinski definition) is 1. The number of ether oxygens (including phenoxy) is 1. The van der Waals surface area contributed by atoms with Crippen molar-refractivity contribution in [3.8, 4) is 6.07 Å². The number of fused-ring (bicyclic) bond motifs is 3. The minimum atomic E-state index is -0.730. The standard InChI is InChI=1S/C18H27N3O4/c1-18(2,3)25-17(24)21-11-6-7-13(14(22)9-11)15(21)16(23)20-8-4-5-12(20)10-19/h11-15,22H,4-9H2,1-3H3/t11-,12-,13+,14+,15-/m0/s1. The minimum absolute atomic E-state index is 0.188. The number of carbonyl (C=O) groups excluding carboxylic acids is 2. The van der Waals surface area contributed by atoms with Gasteiger partial charge in [0.25, 0.3) is 0 Å². The largest absolute Gasteiger partial charge is 0.444 e. The van der Waals surface area contributed by atoms with Crippen LogP contribution in [-0.4, -0.2) is 63.3 Å². The van der Waals surface area contributed by atoms with Gasteiger partial charge in [0.2, 0.25) is 5.91 Å². The number of aliphatic hydroxyl groups excluding tert-OH is 1. The van der Waals surface area contributed by atoms with E-state index in [0.717, 1.165) is 12.8 Å². The summed E-state index contributed by atoms with van der Waals surface area (Å²) in [4.78, 5) is 29.1. The molecule has 0 spiro atoms. The molecule has 138 valence electrons. The Morgan fingerprint density at radius 2 is 1.96 bits per heavy atom. The number of aliphatic hydroxyl groups is 1. The molecule has 0 aromatic carbocycles. The molecule has 5 atom stereocenters. The van der Waals surface area contributed by atoms with E-state index in [-0.39, 0.29) is 17.9 Å². The van der Waals surface area contributed by atoms with Crippen molar-refractivity contribution in [1.29, 1.82) is 5.26 Å². The van der Waals surface area contributed by atoms with Gasteiger partial charge in [0.15, 0.2) is 0 Å². The van der Waals surface area contributed by atoms with E-state index < -0.39 is 29.9 Å². The highest BCUT2D eigenvalue weighted by molar-refractivity contribution is 5.87. The third-order valence-corrected chi connectivity index (χ3v) is 5.48. The maximum Gasteiger partial charge on any atom is 0.411 e. The van der Waals surface area contributed by atoms with E-state index in [4.69, 9.17) is 4.74 Å². The number of likely N-dealkylation sites (tertiary alicyclic amines) is 1. The molecule has 4 fully saturated rings. The van der Waals surface area contributed by atoms with E-state index in [9.17, 15) is 20.0 Å².